The molecule has 9 nitrogen and oxygen atoms in total. The second-order valence-corrected chi connectivity index (χ2v) is 11.3. The number of alkyl halides is 1. The maximum atomic E-state index is 13.5. The zero-order valence-corrected chi connectivity index (χ0v) is 22.2. The van der Waals surface area contributed by atoms with Crippen LogP contribution in [0.15, 0.2) is 35.2 Å². The SMILES string of the molecule is CC(C)(CO)Nc1nc(NC(=O)c2ccc(SNCCO)cc2N2CCC3(CC2)CC3)ccc1OCF. The van der Waals surface area contributed by atoms with Crippen molar-refractivity contribution in [3.05, 3.63) is 35.9 Å². The molecule has 1 aromatic heterocycles. The van der Waals surface area contributed by atoms with Crippen LogP contribution in [-0.2, 0) is 0 Å². The number of carbonyl (C=O) groups excluding carboxylic acids is 1. The van der Waals surface area contributed by atoms with Crippen LogP contribution in [0.2, 0.25) is 0 Å². The predicted octanol–water partition coefficient (Wildman–Crippen LogP) is 3.79. The molecule has 5 N–H and O–H groups in total. The van der Waals surface area contributed by atoms with E-state index in [-0.39, 0.29) is 36.5 Å². The zero-order chi connectivity index (χ0) is 26.5. The van der Waals surface area contributed by atoms with E-state index in [1.165, 1.54) is 30.9 Å². The van der Waals surface area contributed by atoms with E-state index in [0.717, 1.165) is 36.5 Å². The fraction of sp³-hybridized carbons (Fsp3) is 0.538. The van der Waals surface area contributed by atoms with Crippen LogP contribution in [0.3, 0.4) is 0 Å². The van der Waals surface area contributed by atoms with Gasteiger partial charge in [-0.05, 0) is 87.2 Å². The highest BCUT2D eigenvalue weighted by atomic mass is 32.2. The van der Waals surface area contributed by atoms with Crippen LogP contribution < -0.4 is 25.0 Å². The normalized spacial score (nSPS) is 16.5. The van der Waals surface area contributed by atoms with Crippen molar-refractivity contribution < 1.29 is 24.1 Å². The first-order chi connectivity index (χ1) is 17.8. The molecule has 1 aromatic carbocycles. The van der Waals surface area contributed by atoms with Gasteiger partial charge in [-0.25, -0.2) is 9.37 Å². The Morgan fingerprint density at radius 2 is 1.95 bits per heavy atom. The van der Waals surface area contributed by atoms with Crippen LogP contribution in [0.1, 0.15) is 49.9 Å². The number of nitrogens with one attached hydrogen (secondary N) is 3. The molecule has 1 aliphatic heterocycles. The smallest absolute Gasteiger partial charge is 0.258 e. The van der Waals surface area contributed by atoms with Crippen LogP contribution in [-0.4, -0.2) is 66.4 Å². The third-order valence-electron chi connectivity index (χ3n) is 6.90. The van der Waals surface area contributed by atoms with Crippen LogP contribution in [0.25, 0.3) is 0 Å². The molecule has 1 aliphatic carbocycles. The third kappa shape index (κ3) is 7.04. The first-order valence-corrected chi connectivity index (χ1v) is 13.4. The summed E-state index contributed by atoms with van der Waals surface area (Å²) in [6.07, 6.45) is 4.85. The van der Waals surface area contributed by atoms with Gasteiger partial charge in [-0.2, -0.15) is 0 Å². The van der Waals surface area contributed by atoms with E-state index in [0.29, 0.717) is 17.5 Å². The Balaban J connectivity index is 1.57. The summed E-state index contributed by atoms with van der Waals surface area (Å²) in [5.74, 6) is 0.377. The summed E-state index contributed by atoms with van der Waals surface area (Å²) in [5.41, 5.74) is 1.17. The van der Waals surface area contributed by atoms with Crippen molar-refractivity contribution in [2.45, 2.75) is 50.0 Å². The average molecular weight is 534 g/mol. The summed E-state index contributed by atoms with van der Waals surface area (Å²) in [5, 5.41) is 24.6. The van der Waals surface area contributed by atoms with Gasteiger partial charge in [0.1, 0.15) is 5.82 Å². The molecule has 0 bridgehead atoms. The molecule has 11 heteroatoms. The molecule has 1 amide bonds. The van der Waals surface area contributed by atoms with Crippen molar-refractivity contribution in [3.8, 4) is 5.75 Å². The highest BCUT2D eigenvalue weighted by Crippen LogP contribution is 2.54. The fourth-order valence-corrected chi connectivity index (χ4v) is 5.10. The van der Waals surface area contributed by atoms with Gasteiger partial charge in [0, 0.05) is 24.5 Å². The maximum absolute atomic E-state index is 13.5. The van der Waals surface area contributed by atoms with Crippen molar-refractivity contribution in [1.29, 1.82) is 0 Å². The van der Waals surface area contributed by atoms with Gasteiger partial charge in [-0.3, -0.25) is 9.52 Å². The Labute approximate surface area is 221 Å². The standard InChI is InChI=1S/C26H36FN5O4S/c1-25(2,16-34)31-23-21(36-17-27)5-6-22(29-23)30-24(35)19-4-3-18(37-28-11-14-33)15-20(19)32-12-9-26(7-8-26)10-13-32/h3-6,15,28,33-34H,7-14,16-17H2,1-2H3,(H2,29,30,31,35). The lowest BCUT2D eigenvalue weighted by Crippen LogP contribution is -2.36. The summed E-state index contributed by atoms with van der Waals surface area (Å²) in [6.45, 7) is 4.63. The van der Waals surface area contributed by atoms with Crippen LogP contribution in [0.5, 0.6) is 5.75 Å². The number of anilines is 3. The van der Waals surface area contributed by atoms with E-state index < -0.39 is 12.4 Å². The summed E-state index contributed by atoms with van der Waals surface area (Å²) in [6, 6.07) is 8.79. The Morgan fingerprint density at radius 1 is 1.19 bits per heavy atom. The van der Waals surface area contributed by atoms with Gasteiger partial charge < -0.3 is 30.5 Å². The van der Waals surface area contributed by atoms with Gasteiger partial charge in [-0.15, -0.1) is 0 Å². The first kappa shape index (κ1) is 27.4. The average Bonchev–Trinajstić information content (AvgIpc) is 3.64. The van der Waals surface area contributed by atoms with E-state index in [4.69, 9.17) is 9.84 Å². The number of ether oxygens (including phenoxy) is 1. The molecule has 1 saturated heterocycles. The van der Waals surface area contributed by atoms with Gasteiger partial charge in [0.15, 0.2) is 11.6 Å². The van der Waals surface area contributed by atoms with Gasteiger partial charge in [0.2, 0.25) is 6.86 Å². The first-order valence-electron chi connectivity index (χ1n) is 12.6. The summed E-state index contributed by atoms with van der Waals surface area (Å²) in [4.78, 5) is 21.1. The van der Waals surface area contributed by atoms with Crippen molar-refractivity contribution in [2.75, 3.05) is 55.2 Å². The number of halogens is 1. The molecule has 2 heterocycles. The van der Waals surface area contributed by atoms with Crippen molar-refractivity contribution in [1.82, 2.24) is 9.71 Å². The molecule has 0 unspecified atom stereocenters. The molecule has 2 fully saturated rings. The molecule has 202 valence electrons. The molecular weight excluding hydrogens is 497 g/mol. The molecule has 0 radical (unpaired) electrons. The Hall–Kier alpha value is -2.60. The maximum Gasteiger partial charge on any atom is 0.258 e. The number of amides is 1. The largest absolute Gasteiger partial charge is 0.459 e. The lowest BCUT2D eigenvalue weighted by molar-refractivity contribution is 0.102. The minimum atomic E-state index is -1.03. The number of hydrogen-bond acceptors (Lipinski definition) is 9. The summed E-state index contributed by atoms with van der Waals surface area (Å²) < 4.78 is 21.0. The van der Waals surface area contributed by atoms with E-state index in [9.17, 15) is 14.3 Å². The second kappa shape index (κ2) is 11.8. The fourth-order valence-electron chi connectivity index (χ4n) is 4.43. The van der Waals surface area contributed by atoms with E-state index in [2.05, 4.69) is 25.2 Å². The van der Waals surface area contributed by atoms with E-state index >= 15 is 0 Å². The van der Waals surface area contributed by atoms with Gasteiger partial charge in [-0.1, -0.05) is 0 Å². The lowest BCUT2D eigenvalue weighted by atomic mass is 9.93. The van der Waals surface area contributed by atoms with Crippen LogP contribution >= 0.6 is 11.9 Å². The van der Waals surface area contributed by atoms with E-state index in [1.54, 1.807) is 19.9 Å². The monoisotopic (exact) mass is 533 g/mol. The predicted molar refractivity (Wildman–Crippen MR) is 144 cm³/mol. The van der Waals surface area contributed by atoms with Gasteiger partial charge in [0.25, 0.3) is 5.91 Å². The number of benzene rings is 1. The lowest BCUT2D eigenvalue weighted by Gasteiger charge is -2.35. The number of aromatic nitrogens is 1. The summed E-state index contributed by atoms with van der Waals surface area (Å²) in [7, 11) is 0. The molecule has 2 aliphatic rings. The highest BCUT2D eigenvalue weighted by Gasteiger charge is 2.44. The van der Waals surface area contributed by atoms with Crippen LogP contribution in [0.4, 0.5) is 21.7 Å². The Kier molecular flexibility index (Phi) is 8.79. The van der Waals surface area contributed by atoms with Gasteiger partial charge in [0.05, 0.1) is 30.0 Å². The number of nitrogens with zero attached hydrogens (tertiary/aromatic N) is 2. The Morgan fingerprint density at radius 3 is 2.59 bits per heavy atom. The van der Waals surface area contributed by atoms with Crippen molar-refractivity contribution >= 4 is 35.2 Å². The molecule has 2 aromatic rings. The highest BCUT2D eigenvalue weighted by molar-refractivity contribution is 7.97. The summed E-state index contributed by atoms with van der Waals surface area (Å²) >= 11 is 1.42. The molecule has 1 spiro atoms. The third-order valence-corrected chi connectivity index (χ3v) is 7.74. The van der Waals surface area contributed by atoms with Crippen molar-refractivity contribution in [2.24, 2.45) is 5.41 Å². The van der Waals surface area contributed by atoms with Crippen LogP contribution in [0, 0.1) is 5.41 Å². The van der Waals surface area contributed by atoms with Crippen molar-refractivity contribution in [3.63, 3.8) is 0 Å². The number of aliphatic hydroxyl groups excluding tert-OH is 2. The topological polar surface area (TPSA) is 119 Å². The number of aliphatic hydroxyl groups is 2. The minimum Gasteiger partial charge on any atom is -0.459 e. The molecule has 37 heavy (non-hydrogen) atoms. The zero-order valence-electron chi connectivity index (χ0n) is 21.3. The molecular formula is C26H36FN5O4S. The molecule has 1 saturated carbocycles. The Bertz CT molecular complexity index is 1090. The number of hydrogen-bond donors (Lipinski definition) is 5. The molecule has 0 atom stereocenters. The number of piperidine rings is 1. The minimum absolute atomic E-state index is 0.0447. The second-order valence-electron chi connectivity index (χ2n) is 10.3. The quantitative estimate of drug-likeness (QED) is 0.205. The van der Waals surface area contributed by atoms with Gasteiger partial charge >= 0.3 is 0 Å². The molecule has 4 rings (SSSR count). The number of pyridine rings is 1. The van der Waals surface area contributed by atoms with E-state index in [1.807, 2.05) is 18.2 Å². The number of carbonyl (C=O) groups is 1. The number of rotatable bonds is 12.